The summed E-state index contributed by atoms with van der Waals surface area (Å²) in [5.74, 6) is 1.18. The minimum atomic E-state index is 0.373. The number of aromatic nitrogens is 4. The molecule has 2 aromatic carbocycles. The van der Waals surface area contributed by atoms with Crippen LogP contribution in [0.5, 0.6) is 0 Å². The minimum Gasteiger partial charge on any atom is -0.339 e. The maximum absolute atomic E-state index is 6.03. The third-order valence-corrected chi connectivity index (χ3v) is 3.47. The van der Waals surface area contributed by atoms with Crippen molar-refractivity contribution in [3.05, 3.63) is 60.0 Å². The van der Waals surface area contributed by atoms with Crippen molar-refractivity contribution in [3.63, 3.8) is 0 Å². The van der Waals surface area contributed by atoms with Crippen molar-refractivity contribution in [3.8, 4) is 0 Å². The third-order valence-electron chi connectivity index (χ3n) is 3.27. The van der Waals surface area contributed by atoms with E-state index in [1.54, 1.807) is 10.6 Å². The topological polar surface area (TPSA) is 55.1 Å². The molecule has 0 aliphatic heterocycles. The average molecular weight is 296 g/mol. The van der Waals surface area contributed by atoms with Gasteiger partial charge < -0.3 is 5.32 Å². The van der Waals surface area contributed by atoms with E-state index >= 15 is 0 Å². The molecule has 5 nitrogen and oxygen atoms in total. The maximum Gasteiger partial charge on any atom is 0.255 e. The summed E-state index contributed by atoms with van der Waals surface area (Å²) in [6, 6.07) is 16.0. The van der Waals surface area contributed by atoms with Crippen LogP contribution in [0.25, 0.3) is 16.6 Å². The Balaban J connectivity index is 1.89. The van der Waals surface area contributed by atoms with Gasteiger partial charge in [-0.1, -0.05) is 48.0 Å². The van der Waals surface area contributed by atoms with Crippen molar-refractivity contribution in [2.75, 3.05) is 5.32 Å². The highest BCUT2D eigenvalue weighted by Gasteiger charge is 2.08. The van der Waals surface area contributed by atoms with Crippen molar-refractivity contribution in [2.24, 2.45) is 0 Å². The molecule has 0 saturated carbocycles. The zero-order valence-electron chi connectivity index (χ0n) is 10.9. The van der Waals surface area contributed by atoms with E-state index in [1.165, 1.54) is 6.33 Å². The molecule has 0 radical (unpaired) electrons. The Labute approximate surface area is 125 Å². The van der Waals surface area contributed by atoms with Crippen LogP contribution in [-0.4, -0.2) is 19.6 Å². The molecule has 2 aromatic heterocycles. The Morgan fingerprint density at radius 2 is 1.90 bits per heavy atom. The van der Waals surface area contributed by atoms with E-state index in [1.807, 2.05) is 24.3 Å². The normalized spacial score (nSPS) is 11.1. The molecule has 0 bridgehead atoms. The summed E-state index contributed by atoms with van der Waals surface area (Å²) in [5, 5.41) is 10.2. The number of halogens is 1. The molecule has 102 valence electrons. The molecule has 4 aromatic rings. The summed E-state index contributed by atoms with van der Waals surface area (Å²) in [6.07, 6.45) is 1.45. The summed E-state index contributed by atoms with van der Waals surface area (Å²) in [4.78, 5) is 8.18. The smallest absolute Gasteiger partial charge is 0.255 e. The molecule has 1 N–H and O–H groups in total. The van der Waals surface area contributed by atoms with Crippen LogP contribution in [0.3, 0.4) is 0 Å². The van der Waals surface area contributed by atoms with Gasteiger partial charge in [0.2, 0.25) is 0 Å². The van der Waals surface area contributed by atoms with Crippen LogP contribution < -0.4 is 5.32 Å². The first-order valence-electron chi connectivity index (χ1n) is 6.42. The number of hydrogen-bond acceptors (Lipinski definition) is 4. The van der Waals surface area contributed by atoms with E-state index in [-0.39, 0.29) is 0 Å². The first kappa shape index (κ1) is 12.1. The van der Waals surface area contributed by atoms with Crippen LogP contribution in [0.4, 0.5) is 11.5 Å². The van der Waals surface area contributed by atoms with E-state index in [0.717, 1.165) is 22.3 Å². The molecule has 0 spiro atoms. The Kier molecular flexibility index (Phi) is 2.72. The van der Waals surface area contributed by atoms with Crippen LogP contribution in [0.1, 0.15) is 0 Å². The van der Waals surface area contributed by atoms with Crippen molar-refractivity contribution in [2.45, 2.75) is 0 Å². The fourth-order valence-corrected chi connectivity index (χ4v) is 2.52. The summed E-state index contributed by atoms with van der Waals surface area (Å²) >= 11 is 6.03. The molecule has 6 heteroatoms. The van der Waals surface area contributed by atoms with E-state index in [9.17, 15) is 0 Å². The molecule has 4 rings (SSSR count). The molecule has 0 amide bonds. The summed E-state index contributed by atoms with van der Waals surface area (Å²) < 4.78 is 1.62. The van der Waals surface area contributed by atoms with Crippen molar-refractivity contribution < 1.29 is 0 Å². The SMILES string of the molecule is Clc1cc(Nc2cccc3ccccc23)n2ncnc2n1. The van der Waals surface area contributed by atoms with Crippen molar-refractivity contribution in [1.82, 2.24) is 19.6 Å². The van der Waals surface area contributed by atoms with Gasteiger partial charge in [0.1, 0.15) is 17.3 Å². The lowest BCUT2D eigenvalue weighted by atomic mass is 10.1. The highest BCUT2D eigenvalue weighted by molar-refractivity contribution is 6.29. The number of nitrogens with zero attached hydrogens (tertiary/aromatic N) is 4. The van der Waals surface area contributed by atoms with Crippen molar-refractivity contribution in [1.29, 1.82) is 0 Å². The first-order valence-corrected chi connectivity index (χ1v) is 6.80. The number of fused-ring (bicyclic) bond motifs is 2. The summed E-state index contributed by atoms with van der Waals surface area (Å²) in [5.41, 5.74) is 0.979. The van der Waals surface area contributed by atoms with Gasteiger partial charge in [-0.15, -0.1) is 0 Å². The maximum atomic E-state index is 6.03. The molecular weight excluding hydrogens is 286 g/mol. The molecule has 21 heavy (non-hydrogen) atoms. The number of nitrogens with one attached hydrogen (secondary N) is 1. The van der Waals surface area contributed by atoms with Gasteiger partial charge in [-0.3, -0.25) is 0 Å². The lowest BCUT2D eigenvalue weighted by Crippen LogP contribution is -2.01. The second kappa shape index (κ2) is 4.71. The van der Waals surface area contributed by atoms with Crippen LogP contribution in [-0.2, 0) is 0 Å². The molecule has 0 saturated heterocycles. The van der Waals surface area contributed by atoms with E-state index < -0.39 is 0 Å². The van der Waals surface area contributed by atoms with E-state index in [0.29, 0.717) is 10.9 Å². The molecule has 0 aliphatic rings. The predicted octanol–water partition coefficient (Wildman–Crippen LogP) is 3.67. The molecule has 0 aliphatic carbocycles. The van der Waals surface area contributed by atoms with Gasteiger partial charge >= 0.3 is 0 Å². The second-order valence-corrected chi connectivity index (χ2v) is 4.97. The van der Waals surface area contributed by atoms with Gasteiger partial charge in [0.25, 0.3) is 5.78 Å². The Morgan fingerprint density at radius 3 is 2.86 bits per heavy atom. The monoisotopic (exact) mass is 295 g/mol. The molecule has 0 unspecified atom stereocenters. The minimum absolute atomic E-state index is 0.373. The standard InChI is InChI=1S/C15H10ClN5/c16-13-8-14(21-15(20-13)17-9-18-21)19-12-7-3-5-10-4-1-2-6-11(10)12/h1-9,19H. The largest absolute Gasteiger partial charge is 0.339 e. The highest BCUT2D eigenvalue weighted by Crippen LogP contribution is 2.27. The van der Waals surface area contributed by atoms with Gasteiger partial charge in [0.15, 0.2) is 0 Å². The first-order chi connectivity index (χ1) is 10.3. The van der Waals surface area contributed by atoms with Crippen LogP contribution in [0.2, 0.25) is 5.15 Å². The molecule has 2 heterocycles. The lowest BCUT2D eigenvalue weighted by molar-refractivity contribution is 0.947. The summed E-state index contributed by atoms with van der Waals surface area (Å²) in [7, 11) is 0. The Hall–Kier alpha value is -2.66. The fraction of sp³-hybridized carbons (Fsp3) is 0. The van der Waals surface area contributed by atoms with Crippen LogP contribution >= 0.6 is 11.6 Å². The number of anilines is 2. The van der Waals surface area contributed by atoms with E-state index in [4.69, 9.17) is 11.6 Å². The van der Waals surface area contributed by atoms with Crippen molar-refractivity contribution >= 4 is 39.7 Å². The van der Waals surface area contributed by atoms with Crippen LogP contribution in [0.15, 0.2) is 54.9 Å². The van der Waals surface area contributed by atoms with Gasteiger partial charge in [0, 0.05) is 17.1 Å². The Morgan fingerprint density at radius 1 is 1.05 bits per heavy atom. The van der Waals surface area contributed by atoms with Crippen LogP contribution in [0, 0.1) is 0 Å². The Bertz CT molecular complexity index is 942. The third kappa shape index (κ3) is 2.08. The van der Waals surface area contributed by atoms with Gasteiger partial charge in [0.05, 0.1) is 0 Å². The molecular formula is C15H10ClN5. The lowest BCUT2D eigenvalue weighted by Gasteiger charge is -2.10. The zero-order valence-corrected chi connectivity index (χ0v) is 11.6. The second-order valence-electron chi connectivity index (χ2n) is 4.59. The average Bonchev–Trinajstić information content (AvgIpc) is 2.96. The number of hydrogen-bond donors (Lipinski definition) is 1. The molecule has 0 atom stereocenters. The summed E-state index contributed by atoms with van der Waals surface area (Å²) in [6.45, 7) is 0. The van der Waals surface area contributed by atoms with Gasteiger partial charge in [-0.2, -0.15) is 19.6 Å². The highest BCUT2D eigenvalue weighted by atomic mass is 35.5. The van der Waals surface area contributed by atoms with Gasteiger partial charge in [-0.25, -0.2) is 0 Å². The van der Waals surface area contributed by atoms with E-state index in [2.05, 4.69) is 38.6 Å². The fourth-order valence-electron chi connectivity index (χ4n) is 2.34. The number of benzene rings is 2. The zero-order chi connectivity index (χ0) is 14.2. The van der Waals surface area contributed by atoms with Gasteiger partial charge in [-0.05, 0) is 11.5 Å². The quantitative estimate of drug-likeness (QED) is 0.573. The predicted molar refractivity (Wildman–Crippen MR) is 83.0 cm³/mol. The molecule has 0 fully saturated rings. The number of rotatable bonds is 2.